The normalized spacial score (nSPS) is 11.7. The van der Waals surface area contributed by atoms with Crippen LogP contribution in [0.1, 0.15) is 11.3 Å². The molecule has 6 heteroatoms. The fourth-order valence-corrected chi connectivity index (χ4v) is 0.852. The lowest BCUT2D eigenvalue weighted by Crippen LogP contribution is -2.12. The van der Waals surface area contributed by atoms with E-state index in [4.69, 9.17) is 0 Å². The first-order chi connectivity index (χ1) is 6.54. The molecule has 0 unspecified atom stereocenters. The van der Waals surface area contributed by atoms with Crippen LogP contribution in [0.25, 0.3) is 0 Å². The molecule has 0 saturated carbocycles. The quantitative estimate of drug-likeness (QED) is 0.765. The molecule has 0 bridgehead atoms. The minimum atomic E-state index is -4.38. The van der Waals surface area contributed by atoms with Gasteiger partial charge in [-0.25, -0.2) is 0 Å². The van der Waals surface area contributed by atoms with Gasteiger partial charge in [0.25, 0.3) is 0 Å². The van der Waals surface area contributed by atoms with E-state index in [0.717, 1.165) is 12.3 Å². The number of aromatic nitrogens is 1. The molecule has 0 atom stereocenters. The van der Waals surface area contributed by atoms with E-state index in [1.807, 2.05) is 0 Å². The molecular weight excluding hydrogens is 197 g/mol. The van der Waals surface area contributed by atoms with Gasteiger partial charge >= 0.3 is 6.18 Å². The first-order valence-corrected chi connectivity index (χ1v) is 3.82. The predicted octanol–water partition coefficient (Wildman–Crippen LogP) is 1.75. The molecule has 0 aromatic carbocycles. The Kier molecular flexibility index (Phi) is 3.43. The molecule has 0 saturated heterocycles. The monoisotopic (exact) mass is 206 g/mol. The highest BCUT2D eigenvalue weighted by molar-refractivity contribution is 5.15. The van der Waals surface area contributed by atoms with Crippen LogP contribution in [0.3, 0.4) is 0 Å². The molecule has 78 valence electrons. The summed E-state index contributed by atoms with van der Waals surface area (Å²) in [4.78, 5) is 7.83. The van der Waals surface area contributed by atoms with Crippen molar-refractivity contribution in [2.24, 2.45) is 0 Å². The topological polar surface area (TPSA) is 34.1 Å². The number of hydroxylamine groups is 1. The van der Waals surface area contributed by atoms with Gasteiger partial charge in [0.15, 0.2) is 0 Å². The molecule has 3 nitrogen and oxygen atoms in total. The van der Waals surface area contributed by atoms with Crippen LogP contribution in [0.2, 0.25) is 0 Å². The van der Waals surface area contributed by atoms with Gasteiger partial charge < -0.3 is 4.84 Å². The van der Waals surface area contributed by atoms with Crippen LogP contribution in [-0.4, -0.2) is 12.1 Å². The molecule has 0 radical (unpaired) electrons. The van der Waals surface area contributed by atoms with Crippen LogP contribution < -0.4 is 5.48 Å². The van der Waals surface area contributed by atoms with Crippen molar-refractivity contribution in [2.45, 2.75) is 12.7 Å². The van der Waals surface area contributed by atoms with E-state index in [1.165, 1.54) is 13.2 Å². The Hall–Kier alpha value is -1.14. The third-order valence-electron chi connectivity index (χ3n) is 1.54. The van der Waals surface area contributed by atoms with Gasteiger partial charge in [-0.1, -0.05) is 6.07 Å². The van der Waals surface area contributed by atoms with Gasteiger partial charge in [-0.15, -0.1) is 0 Å². The molecule has 0 spiro atoms. The zero-order valence-corrected chi connectivity index (χ0v) is 7.43. The van der Waals surface area contributed by atoms with Crippen molar-refractivity contribution in [3.63, 3.8) is 0 Å². The molecule has 0 aliphatic heterocycles. The Labute approximate surface area is 78.9 Å². The second kappa shape index (κ2) is 4.39. The van der Waals surface area contributed by atoms with Gasteiger partial charge in [-0.2, -0.15) is 18.7 Å². The molecule has 1 aromatic heterocycles. The van der Waals surface area contributed by atoms with E-state index in [1.54, 1.807) is 0 Å². The minimum Gasteiger partial charge on any atom is -0.305 e. The van der Waals surface area contributed by atoms with E-state index in [9.17, 15) is 13.2 Å². The Morgan fingerprint density at radius 3 is 2.57 bits per heavy atom. The summed E-state index contributed by atoms with van der Waals surface area (Å²) in [6.07, 6.45) is -3.22. The fourth-order valence-electron chi connectivity index (χ4n) is 0.852. The summed E-state index contributed by atoms with van der Waals surface area (Å²) >= 11 is 0. The van der Waals surface area contributed by atoms with Gasteiger partial charge in [0.05, 0.1) is 7.11 Å². The predicted molar refractivity (Wildman–Crippen MR) is 43.1 cm³/mol. The molecule has 0 aliphatic carbocycles. The van der Waals surface area contributed by atoms with Crippen molar-refractivity contribution >= 4 is 0 Å². The van der Waals surface area contributed by atoms with Crippen LogP contribution in [0, 0.1) is 0 Å². The maximum Gasteiger partial charge on any atom is 0.433 e. The van der Waals surface area contributed by atoms with Crippen LogP contribution in [0.5, 0.6) is 0 Å². The third kappa shape index (κ3) is 2.97. The number of alkyl halides is 3. The summed E-state index contributed by atoms with van der Waals surface area (Å²) in [7, 11) is 1.43. The molecule has 1 aromatic rings. The van der Waals surface area contributed by atoms with Gasteiger partial charge in [-0.3, -0.25) is 4.98 Å². The summed E-state index contributed by atoms with van der Waals surface area (Å²) in [6.45, 7) is 0.321. The zero-order valence-electron chi connectivity index (χ0n) is 7.43. The Morgan fingerprint density at radius 1 is 1.43 bits per heavy atom. The maximum atomic E-state index is 12.1. The highest BCUT2D eigenvalue weighted by atomic mass is 19.4. The van der Waals surface area contributed by atoms with Crippen molar-refractivity contribution in [3.8, 4) is 0 Å². The average molecular weight is 206 g/mol. The largest absolute Gasteiger partial charge is 0.433 e. The smallest absolute Gasteiger partial charge is 0.305 e. The maximum absolute atomic E-state index is 12.1. The summed E-state index contributed by atoms with van der Waals surface area (Å²) in [5, 5.41) is 0. The molecule has 0 aliphatic rings. The molecule has 1 rings (SSSR count). The number of pyridine rings is 1. The number of nitrogens with zero attached hydrogens (tertiary/aromatic N) is 1. The number of nitrogens with one attached hydrogen (secondary N) is 1. The molecular formula is C8H9F3N2O. The van der Waals surface area contributed by atoms with Gasteiger partial charge in [0, 0.05) is 12.7 Å². The lowest BCUT2D eigenvalue weighted by Gasteiger charge is -2.06. The van der Waals surface area contributed by atoms with Crippen molar-refractivity contribution < 1.29 is 18.0 Å². The Bertz CT molecular complexity index is 284. The second-order valence-electron chi connectivity index (χ2n) is 2.57. The summed E-state index contributed by atoms with van der Waals surface area (Å²) in [5.74, 6) is 0. The first kappa shape index (κ1) is 10.9. The number of rotatable bonds is 3. The number of hydrogen-bond donors (Lipinski definition) is 1. The third-order valence-corrected chi connectivity index (χ3v) is 1.54. The van der Waals surface area contributed by atoms with E-state index in [0.29, 0.717) is 12.1 Å². The molecule has 0 amide bonds. The molecule has 1 heterocycles. The molecule has 14 heavy (non-hydrogen) atoms. The van der Waals surface area contributed by atoms with Gasteiger partial charge in [0.1, 0.15) is 5.69 Å². The van der Waals surface area contributed by atoms with Crippen LogP contribution in [0.15, 0.2) is 18.3 Å². The first-order valence-electron chi connectivity index (χ1n) is 3.82. The van der Waals surface area contributed by atoms with Gasteiger partial charge in [0.2, 0.25) is 0 Å². The molecule has 0 fully saturated rings. The average Bonchev–Trinajstić information content (AvgIpc) is 2.14. The highest BCUT2D eigenvalue weighted by Gasteiger charge is 2.31. The summed E-state index contributed by atoms with van der Waals surface area (Å²) in [6, 6.07) is 2.29. The van der Waals surface area contributed by atoms with Gasteiger partial charge in [-0.05, 0) is 11.6 Å². The van der Waals surface area contributed by atoms with Crippen LogP contribution in [0.4, 0.5) is 13.2 Å². The van der Waals surface area contributed by atoms with Crippen molar-refractivity contribution in [1.29, 1.82) is 0 Å². The van der Waals surface area contributed by atoms with Crippen LogP contribution >= 0.6 is 0 Å². The highest BCUT2D eigenvalue weighted by Crippen LogP contribution is 2.27. The van der Waals surface area contributed by atoms with Crippen LogP contribution in [-0.2, 0) is 17.6 Å². The van der Waals surface area contributed by atoms with E-state index in [-0.39, 0.29) is 0 Å². The lowest BCUT2D eigenvalue weighted by atomic mass is 10.2. The molecule has 1 N–H and O–H groups in total. The van der Waals surface area contributed by atoms with E-state index < -0.39 is 11.9 Å². The zero-order chi connectivity index (χ0) is 10.6. The standard InChI is InChI=1S/C8H9F3N2O/c1-14-13-5-6-2-3-7(12-4-6)8(9,10)11/h2-4,13H,5H2,1H3. The van der Waals surface area contributed by atoms with Crippen molar-refractivity contribution in [2.75, 3.05) is 7.11 Å². The lowest BCUT2D eigenvalue weighted by molar-refractivity contribution is -0.141. The fraction of sp³-hybridized carbons (Fsp3) is 0.375. The number of hydrogen-bond acceptors (Lipinski definition) is 3. The Morgan fingerprint density at radius 2 is 2.14 bits per heavy atom. The van der Waals surface area contributed by atoms with E-state index in [2.05, 4.69) is 15.3 Å². The number of halogens is 3. The second-order valence-corrected chi connectivity index (χ2v) is 2.57. The SMILES string of the molecule is CONCc1ccc(C(F)(F)F)nc1. The minimum absolute atomic E-state index is 0.321. The summed E-state index contributed by atoms with van der Waals surface area (Å²) < 4.78 is 36.2. The van der Waals surface area contributed by atoms with Crippen molar-refractivity contribution in [3.05, 3.63) is 29.6 Å². The Balaban J connectivity index is 2.69. The summed E-state index contributed by atoms with van der Waals surface area (Å²) in [5.41, 5.74) is 2.24. The van der Waals surface area contributed by atoms with Crippen molar-refractivity contribution in [1.82, 2.24) is 10.5 Å². The van der Waals surface area contributed by atoms with E-state index >= 15 is 0 Å².